The van der Waals surface area contributed by atoms with Crippen LogP contribution in [0.1, 0.15) is 79.0 Å². The van der Waals surface area contributed by atoms with Crippen molar-refractivity contribution in [2.45, 2.75) is 99.7 Å². The fraction of sp³-hybridized carbons (Fsp3) is 0.417. The van der Waals surface area contributed by atoms with Gasteiger partial charge in [0.15, 0.2) is 0 Å². The highest BCUT2D eigenvalue weighted by Gasteiger charge is 2.23. The molecule has 45 heavy (non-hydrogen) atoms. The lowest BCUT2D eigenvalue weighted by Gasteiger charge is -2.26. The molecule has 0 atom stereocenters. The van der Waals surface area contributed by atoms with Crippen LogP contribution in [-0.2, 0) is 16.6 Å². The molecule has 6 aromatic heterocycles. The maximum Gasteiger partial charge on any atom is 0.259 e. The molecule has 9 rings (SSSR count). The third-order valence-corrected chi connectivity index (χ3v) is 9.86. The van der Waals surface area contributed by atoms with Gasteiger partial charge in [0.05, 0.1) is 16.2 Å². The van der Waals surface area contributed by atoms with Crippen LogP contribution in [0.15, 0.2) is 64.2 Å². The molecule has 0 fully saturated rings. The number of benzene rings is 3. The van der Waals surface area contributed by atoms with Crippen LogP contribution >= 0.6 is 47.8 Å². The summed E-state index contributed by atoms with van der Waals surface area (Å²) >= 11 is 11.1. The van der Waals surface area contributed by atoms with Crippen molar-refractivity contribution in [3.05, 3.63) is 97.6 Å². The van der Waals surface area contributed by atoms with Gasteiger partial charge >= 0.3 is 0 Å². The SMILES string of the molecule is Cc1cc2c(Br)cc1n(C(C)(C)C)c(=O)c1cc(C)c(cc1Br)n(C(C)(C)C)c(=O)c1cc(C)c(cc1Br)n(C(C)(C)C)c2=O. The van der Waals surface area contributed by atoms with Crippen molar-refractivity contribution in [2.24, 2.45) is 0 Å². The minimum Gasteiger partial charge on any atom is -0.303 e. The lowest BCUT2D eigenvalue weighted by atomic mass is 10.0. The Kier molecular flexibility index (Phi) is 9.39. The van der Waals surface area contributed by atoms with E-state index in [1.54, 1.807) is 13.7 Å². The van der Waals surface area contributed by atoms with Crippen LogP contribution in [0.3, 0.4) is 0 Å². The second-order valence-electron chi connectivity index (χ2n) is 14.8. The molecule has 0 aliphatic heterocycles. The Hall–Kier alpha value is -2.49. The van der Waals surface area contributed by atoms with Gasteiger partial charge in [0, 0.05) is 46.6 Å². The first-order chi connectivity index (χ1) is 20.5. The maximum atomic E-state index is 14.5. The summed E-state index contributed by atoms with van der Waals surface area (Å²) < 4.78 is 7.08. The minimum atomic E-state index is -0.602. The molecule has 240 valence electrons. The number of halogens is 3. The van der Waals surface area contributed by atoms with Crippen molar-refractivity contribution < 1.29 is 0 Å². The average Bonchev–Trinajstić information content (AvgIpc) is 2.86. The van der Waals surface area contributed by atoms with E-state index in [0.29, 0.717) is 46.1 Å². The van der Waals surface area contributed by atoms with Crippen LogP contribution < -0.4 is 16.7 Å². The Bertz CT molecular complexity index is 1940. The standard InChI is InChI=1S/C36H42Br3N3O3/c1-19-13-22-25(37)16-28(19)40(34(4,5)6)32(44)23-14-20(2)30(17-26(23)38)42(36(10,11)12)33(45)24-15-21(3)29(18-27(24)39)41(31(22)43)35(7,8)9/h13-18H,1-12H3. The number of aryl methyl sites for hydroxylation is 3. The van der Waals surface area contributed by atoms with Gasteiger partial charge in [-0.3, -0.25) is 14.4 Å². The van der Waals surface area contributed by atoms with Crippen LogP contribution in [0.2, 0.25) is 0 Å². The number of hydrogen-bond donors (Lipinski definition) is 0. The zero-order chi connectivity index (χ0) is 34.1. The molecular weight excluding hydrogens is 762 g/mol. The Morgan fingerprint density at radius 2 is 0.622 bits per heavy atom. The van der Waals surface area contributed by atoms with Crippen molar-refractivity contribution in [1.29, 1.82) is 0 Å². The van der Waals surface area contributed by atoms with Gasteiger partial charge in [0.1, 0.15) is 0 Å². The molecule has 9 heteroatoms. The van der Waals surface area contributed by atoms with E-state index < -0.39 is 16.6 Å². The lowest BCUT2D eigenvalue weighted by Crippen LogP contribution is -2.35. The molecule has 0 spiro atoms. The molecule has 9 aromatic rings. The second-order valence-corrected chi connectivity index (χ2v) is 17.4. The fourth-order valence-electron chi connectivity index (χ4n) is 5.91. The zero-order valence-electron chi connectivity index (χ0n) is 28.2. The van der Waals surface area contributed by atoms with Gasteiger partial charge in [0.2, 0.25) is 0 Å². The van der Waals surface area contributed by atoms with Crippen molar-refractivity contribution >= 4 is 80.5 Å². The molecule has 6 bridgehead atoms. The molecule has 0 amide bonds. The molecule has 0 aliphatic rings. The van der Waals surface area contributed by atoms with Gasteiger partial charge < -0.3 is 13.7 Å². The van der Waals surface area contributed by atoms with E-state index in [2.05, 4.69) is 47.8 Å². The highest BCUT2D eigenvalue weighted by molar-refractivity contribution is 9.11. The lowest BCUT2D eigenvalue weighted by molar-refractivity contribution is 0.398. The Morgan fingerprint density at radius 1 is 0.422 bits per heavy atom. The van der Waals surface area contributed by atoms with Gasteiger partial charge in [-0.05, 0) is 184 Å². The molecule has 0 aliphatic carbocycles. The summed E-state index contributed by atoms with van der Waals surface area (Å²) in [5.74, 6) is 0. The zero-order valence-corrected chi connectivity index (χ0v) is 32.9. The van der Waals surface area contributed by atoms with Crippen LogP contribution in [0.5, 0.6) is 0 Å². The molecule has 0 unspecified atom stereocenters. The summed E-state index contributed by atoms with van der Waals surface area (Å²) in [5.41, 5.74) is 2.07. The maximum absolute atomic E-state index is 14.5. The van der Waals surface area contributed by atoms with Crippen molar-refractivity contribution in [3.63, 3.8) is 0 Å². The molecule has 3 aromatic carbocycles. The quantitative estimate of drug-likeness (QED) is 0.178. The number of aromatic nitrogens is 3. The third kappa shape index (κ3) is 6.54. The second kappa shape index (κ2) is 11.9. The predicted molar refractivity (Wildman–Crippen MR) is 200 cm³/mol. The van der Waals surface area contributed by atoms with Gasteiger partial charge in [-0.25, -0.2) is 0 Å². The Morgan fingerprint density at radius 3 is 0.800 bits per heavy atom. The third-order valence-electron chi connectivity index (χ3n) is 7.89. The van der Waals surface area contributed by atoms with E-state index in [0.717, 1.165) is 16.7 Å². The smallest absolute Gasteiger partial charge is 0.259 e. The average molecular weight is 804 g/mol. The first-order valence-corrected chi connectivity index (χ1v) is 17.3. The highest BCUT2D eigenvalue weighted by Crippen LogP contribution is 2.30. The van der Waals surface area contributed by atoms with Crippen molar-refractivity contribution in [1.82, 2.24) is 13.7 Å². The highest BCUT2D eigenvalue weighted by atomic mass is 79.9. The van der Waals surface area contributed by atoms with Crippen LogP contribution in [0.4, 0.5) is 0 Å². The molecular formula is C36H42Br3N3O3. The molecule has 6 nitrogen and oxygen atoms in total. The monoisotopic (exact) mass is 801 g/mol. The van der Waals surface area contributed by atoms with E-state index in [1.807, 2.05) is 119 Å². The van der Waals surface area contributed by atoms with E-state index >= 15 is 0 Å². The van der Waals surface area contributed by atoms with E-state index in [1.165, 1.54) is 0 Å². The Balaban J connectivity index is 2.59. The van der Waals surface area contributed by atoms with Crippen molar-refractivity contribution in [2.75, 3.05) is 0 Å². The first kappa shape index (κ1) is 35.4. The van der Waals surface area contributed by atoms with Gasteiger partial charge in [-0.1, -0.05) is 0 Å². The molecule has 0 N–H and O–H groups in total. The van der Waals surface area contributed by atoms with Gasteiger partial charge in [-0.2, -0.15) is 0 Å². The molecule has 0 radical (unpaired) electrons. The number of hydrogen-bond acceptors (Lipinski definition) is 3. The van der Waals surface area contributed by atoms with E-state index in [4.69, 9.17) is 0 Å². The summed E-state index contributed by atoms with van der Waals surface area (Å²) in [7, 11) is 0. The predicted octanol–water partition coefficient (Wildman–Crippen LogP) is 9.80. The summed E-state index contributed by atoms with van der Waals surface area (Å²) in [6.07, 6.45) is 0. The molecule has 6 heterocycles. The topological polar surface area (TPSA) is 66.0 Å². The van der Waals surface area contributed by atoms with Crippen LogP contribution in [-0.4, -0.2) is 13.7 Å². The fourth-order valence-corrected chi connectivity index (χ4v) is 7.42. The summed E-state index contributed by atoms with van der Waals surface area (Å²) in [4.78, 5) is 43.5. The summed E-state index contributed by atoms with van der Waals surface area (Å²) in [5, 5.41) is 1.43. The summed E-state index contributed by atoms with van der Waals surface area (Å²) in [6.45, 7) is 23.7. The van der Waals surface area contributed by atoms with Gasteiger partial charge in [-0.15, -0.1) is 0 Å². The first-order valence-electron chi connectivity index (χ1n) is 14.9. The minimum absolute atomic E-state index is 0.197. The van der Waals surface area contributed by atoms with E-state index in [9.17, 15) is 14.4 Å². The van der Waals surface area contributed by atoms with Gasteiger partial charge in [0.25, 0.3) is 16.7 Å². The molecule has 0 saturated carbocycles. The Labute approximate surface area is 289 Å². The normalized spacial score (nSPS) is 12.6. The molecule has 0 saturated heterocycles. The summed E-state index contributed by atoms with van der Waals surface area (Å²) in [6, 6.07) is 11.2. The number of rotatable bonds is 0. The van der Waals surface area contributed by atoms with Crippen LogP contribution in [0, 0.1) is 20.8 Å². The van der Waals surface area contributed by atoms with Crippen LogP contribution in [0.25, 0.3) is 32.7 Å². The van der Waals surface area contributed by atoms with Crippen molar-refractivity contribution in [3.8, 4) is 0 Å². The number of nitrogens with zero attached hydrogens (tertiary/aromatic N) is 3. The largest absolute Gasteiger partial charge is 0.303 e. The van der Waals surface area contributed by atoms with E-state index in [-0.39, 0.29) is 16.7 Å².